The van der Waals surface area contributed by atoms with Crippen LogP contribution in [-0.4, -0.2) is 79.4 Å². The van der Waals surface area contributed by atoms with Crippen molar-refractivity contribution in [2.45, 2.75) is 4.90 Å². The summed E-state index contributed by atoms with van der Waals surface area (Å²) in [6, 6.07) is 13.1. The van der Waals surface area contributed by atoms with E-state index in [-0.39, 0.29) is 22.3 Å². The molecular weight excluding hydrogens is 584 g/mol. The molecule has 0 spiro atoms. The van der Waals surface area contributed by atoms with Crippen LogP contribution in [0.5, 0.6) is 0 Å². The molecule has 7 N–H and O–H groups in total. The summed E-state index contributed by atoms with van der Waals surface area (Å²) in [6.07, 6.45) is 0. The third-order valence-electron chi connectivity index (χ3n) is 4.47. The quantitative estimate of drug-likeness (QED) is 0.150. The molecule has 0 aliphatic heterocycles. The molecule has 0 atom stereocenters. The zero-order chi connectivity index (χ0) is 32.8. The van der Waals surface area contributed by atoms with E-state index in [0.717, 1.165) is 24.3 Å². The Hall–Kier alpha value is -5.87. The first-order valence-corrected chi connectivity index (χ1v) is 12.1. The highest BCUT2D eigenvalue weighted by Gasteiger charge is 2.27. The van der Waals surface area contributed by atoms with Crippen molar-refractivity contribution in [2.75, 3.05) is 0 Å². The maximum absolute atomic E-state index is 10.9. The average molecular weight is 607 g/mol. The molecule has 0 amide bonds. The second kappa shape index (κ2) is 16.3. The van der Waals surface area contributed by atoms with Crippen LogP contribution in [0.25, 0.3) is 0 Å². The van der Waals surface area contributed by atoms with Crippen molar-refractivity contribution >= 4 is 45.9 Å². The van der Waals surface area contributed by atoms with Crippen LogP contribution in [0.1, 0.15) is 62.1 Å². The predicted molar refractivity (Wildman–Crippen MR) is 142 cm³/mol. The van der Waals surface area contributed by atoms with Gasteiger partial charge in [-0.2, -0.15) is 8.42 Å². The lowest BCUT2D eigenvalue weighted by atomic mass is 10.1. The molecule has 222 valence electrons. The average Bonchev–Trinajstić information content (AvgIpc) is 2.94. The zero-order valence-corrected chi connectivity index (χ0v) is 21.9. The first kappa shape index (κ1) is 36.1. The van der Waals surface area contributed by atoms with Crippen molar-refractivity contribution in [1.29, 1.82) is 0 Å². The molecule has 16 heteroatoms. The van der Waals surface area contributed by atoms with Gasteiger partial charge in [-0.1, -0.05) is 12.1 Å². The Morgan fingerprint density at radius 3 is 1.00 bits per heavy atom. The minimum atomic E-state index is -4.92. The van der Waals surface area contributed by atoms with Crippen molar-refractivity contribution < 1.29 is 72.4 Å². The maximum atomic E-state index is 10.9. The molecule has 0 bridgehead atoms. The van der Waals surface area contributed by atoms with E-state index in [1.54, 1.807) is 0 Å². The molecular formula is C26H22O15S. The predicted octanol–water partition coefficient (Wildman–Crippen LogP) is 3.30. The fraction of sp³-hybridized carbons (Fsp3) is 0. The molecule has 0 heterocycles. The van der Waals surface area contributed by atoms with E-state index in [4.69, 9.17) is 35.2 Å². The van der Waals surface area contributed by atoms with Crippen molar-refractivity contribution in [3.8, 4) is 0 Å². The van der Waals surface area contributed by atoms with E-state index in [9.17, 15) is 37.2 Å². The van der Waals surface area contributed by atoms with Crippen LogP contribution in [0.4, 0.5) is 0 Å². The van der Waals surface area contributed by atoms with Gasteiger partial charge in [-0.3, -0.25) is 4.55 Å². The Balaban J connectivity index is 0.000000591. The molecule has 3 aromatic carbocycles. The smallest absolute Gasteiger partial charge is 0.337 e. The fourth-order valence-electron chi connectivity index (χ4n) is 2.69. The first-order chi connectivity index (χ1) is 19.5. The standard InChI is InChI=1S/C8H6O7S.2C8H6O4.C2H4/c9-7(10)4-2-1-3-5(8(11)12)6(4)16(13,14)15;9-7(10)5-1-2-6(4-3-5)8(11)12;9-7(10)5-2-1-3-6(4-5)8(11)12;1-2/h1-3H,(H,9,10)(H,11,12)(H,13,14,15);2*1-4H,(H,9,10)(H,11,12);1-2H2. The van der Waals surface area contributed by atoms with Gasteiger partial charge in [-0.05, 0) is 54.6 Å². The first-order valence-electron chi connectivity index (χ1n) is 10.7. The largest absolute Gasteiger partial charge is 0.478 e. The third-order valence-corrected chi connectivity index (χ3v) is 5.42. The van der Waals surface area contributed by atoms with E-state index in [1.807, 2.05) is 0 Å². The van der Waals surface area contributed by atoms with Crippen LogP contribution >= 0.6 is 0 Å². The van der Waals surface area contributed by atoms with Gasteiger partial charge in [-0.15, -0.1) is 13.2 Å². The number of benzene rings is 3. The highest BCUT2D eigenvalue weighted by Crippen LogP contribution is 2.21. The molecule has 0 radical (unpaired) electrons. The summed E-state index contributed by atoms with van der Waals surface area (Å²) in [5.41, 5.74) is -1.45. The minimum absolute atomic E-state index is 0.0186. The van der Waals surface area contributed by atoms with Crippen LogP contribution in [0.3, 0.4) is 0 Å². The Morgan fingerprint density at radius 2 is 0.762 bits per heavy atom. The third kappa shape index (κ3) is 11.1. The molecule has 0 saturated heterocycles. The van der Waals surface area contributed by atoms with Crippen LogP contribution < -0.4 is 0 Å². The number of hydrogen-bond acceptors (Lipinski definition) is 8. The molecule has 0 aliphatic rings. The van der Waals surface area contributed by atoms with Gasteiger partial charge in [0.15, 0.2) is 0 Å². The number of carboxylic acid groups (broad SMARTS) is 6. The van der Waals surface area contributed by atoms with E-state index in [2.05, 4.69) is 13.2 Å². The van der Waals surface area contributed by atoms with Crippen LogP contribution in [-0.2, 0) is 10.1 Å². The molecule has 0 aliphatic carbocycles. The molecule has 42 heavy (non-hydrogen) atoms. The topological polar surface area (TPSA) is 278 Å². The van der Waals surface area contributed by atoms with Crippen molar-refractivity contribution in [3.63, 3.8) is 0 Å². The number of aromatic carboxylic acids is 6. The molecule has 3 rings (SSSR count). The van der Waals surface area contributed by atoms with Gasteiger partial charge in [0.25, 0.3) is 10.1 Å². The van der Waals surface area contributed by atoms with E-state index in [0.29, 0.717) is 0 Å². The Labute approximate surface area is 236 Å². The Morgan fingerprint density at radius 1 is 0.476 bits per heavy atom. The van der Waals surface area contributed by atoms with Gasteiger partial charge in [-0.25, -0.2) is 28.8 Å². The van der Waals surface area contributed by atoms with Gasteiger partial charge in [0, 0.05) is 0 Å². The minimum Gasteiger partial charge on any atom is -0.478 e. The summed E-state index contributed by atoms with van der Waals surface area (Å²) >= 11 is 0. The van der Waals surface area contributed by atoms with Crippen molar-refractivity contribution in [2.24, 2.45) is 0 Å². The normalized spacial score (nSPS) is 9.64. The monoisotopic (exact) mass is 606 g/mol. The lowest BCUT2D eigenvalue weighted by Crippen LogP contribution is -2.14. The highest BCUT2D eigenvalue weighted by molar-refractivity contribution is 7.86. The zero-order valence-electron chi connectivity index (χ0n) is 21.1. The second-order valence-corrected chi connectivity index (χ2v) is 8.50. The molecule has 3 aromatic rings. The summed E-state index contributed by atoms with van der Waals surface area (Å²) in [7, 11) is -4.92. The van der Waals surface area contributed by atoms with Crippen molar-refractivity contribution in [1.82, 2.24) is 0 Å². The molecule has 0 unspecified atom stereocenters. The highest BCUT2D eigenvalue weighted by atomic mass is 32.2. The van der Waals surface area contributed by atoms with Crippen LogP contribution in [0.2, 0.25) is 0 Å². The lowest BCUT2D eigenvalue weighted by molar-refractivity contribution is 0.0671. The van der Waals surface area contributed by atoms with Gasteiger partial charge in [0.1, 0.15) is 4.90 Å². The van der Waals surface area contributed by atoms with E-state index < -0.39 is 62.0 Å². The number of rotatable bonds is 7. The fourth-order valence-corrected chi connectivity index (χ4v) is 3.56. The maximum Gasteiger partial charge on any atom is 0.337 e. The lowest BCUT2D eigenvalue weighted by Gasteiger charge is -2.05. The van der Waals surface area contributed by atoms with Crippen LogP contribution in [0.15, 0.2) is 84.8 Å². The van der Waals surface area contributed by atoms with E-state index in [1.165, 1.54) is 42.5 Å². The summed E-state index contributed by atoms with van der Waals surface area (Å²) in [4.78, 5) is 61.7. The number of carbonyl (C=O) groups is 6. The summed E-state index contributed by atoms with van der Waals surface area (Å²) in [5, 5.41) is 51.3. The molecule has 0 fully saturated rings. The van der Waals surface area contributed by atoms with Gasteiger partial charge >= 0.3 is 35.8 Å². The van der Waals surface area contributed by atoms with Gasteiger partial charge in [0.2, 0.25) is 0 Å². The SMILES string of the molecule is C=C.O=C(O)c1ccc(C(=O)O)cc1.O=C(O)c1cccc(C(=O)O)c1.O=C(O)c1cccc(C(=O)O)c1S(=O)(=O)O. The second-order valence-electron chi connectivity index (χ2n) is 7.15. The molecule has 0 saturated carbocycles. The Kier molecular flexibility index (Phi) is 14.0. The molecule has 15 nitrogen and oxygen atoms in total. The molecule has 0 aromatic heterocycles. The summed E-state index contributed by atoms with van der Waals surface area (Å²) in [5.74, 6) is -7.67. The summed E-state index contributed by atoms with van der Waals surface area (Å²) < 4.78 is 30.6. The number of carboxylic acids is 6. The van der Waals surface area contributed by atoms with Gasteiger partial charge < -0.3 is 30.6 Å². The van der Waals surface area contributed by atoms with E-state index >= 15 is 0 Å². The summed E-state index contributed by atoms with van der Waals surface area (Å²) in [6.45, 7) is 6.00. The van der Waals surface area contributed by atoms with Gasteiger partial charge in [0.05, 0.1) is 33.4 Å². The number of hydrogen-bond donors (Lipinski definition) is 7. The van der Waals surface area contributed by atoms with Crippen molar-refractivity contribution in [3.05, 3.63) is 113 Å². The Bertz CT molecular complexity index is 1500. The van der Waals surface area contributed by atoms with Crippen LogP contribution in [0, 0.1) is 0 Å².